The van der Waals surface area contributed by atoms with Gasteiger partial charge in [0.2, 0.25) is 0 Å². The van der Waals surface area contributed by atoms with Crippen LogP contribution in [0.1, 0.15) is 27.7 Å². The lowest BCUT2D eigenvalue weighted by molar-refractivity contribution is 0.301. The van der Waals surface area contributed by atoms with E-state index in [4.69, 9.17) is 16.3 Å². The minimum atomic E-state index is 0.160. The SMILES string of the molecule is CC(CNC(C)(C)C)NCCOc1cccc(Cl)c1. The van der Waals surface area contributed by atoms with Crippen LogP contribution in [-0.4, -0.2) is 31.3 Å². The van der Waals surface area contributed by atoms with E-state index in [2.05, 4.69) is 38.3 Å². The maximum absolute atomic E-state index is 5.89. The Hall–Kier alpha value is -0.770. The van der Waals surface area contributed by atoms with Gasteiger partial charge in [-0.15, -0.1) is 0 Å². The van der Waals surface area contributed by atoms with Crippen LogP contribution in [0.25, 0.3) is 0 Å². The molecule has 3 nitrogen and oxygen atoms in total. The van der Waals surface area contributed by atoms with Gasteiger partial charge in [-0.2, -0.15) is 0 Å². The quantitative estimate of drug-likeness (QED) is 0.755. The summed E-state index contributed by atoms with van der Waals surface area (Å²) in [6, 6.07) is 7.89. The first-order valence-electron chi connectivity index (χ1n) is 6.73. The summed E-state index contributed by atoms with van der Waals surface area (Å²) in [7, 11) is 0. The molecule has 108 valence electrons. The average Bonchev–Trinajstić information content (AvgIpc) is 2.31. The Labute approximate surface area is 121 Å². The van der Waals surface area contributed by atoms with Crippen LogP contribution in [0.2, 0.25) is 5.02 Å². The topological polar surface area (TPSA) is 33.3 Å². The minimum absolute atomic E-state index is 0.160. The van der Waals surface area contributed by atoms with Crippen LogP contribution in [0.4, 0.5) is 0 Å². The molecule has 4 heteroatoms. The number of benzene rings is 1. The molecule has 0 spiro atoms. The zero-order valence-electron chi connectivity index (χ0n) is 12.3. The second kappa shape index (κ2) is 7.73. The number of rotatable bonds is 7. The molecule has 0 fully saturated rings. The molecule has 1 aromatic carbocycles. The van der Waals surface area contributed by atoms with Crippen LogP contribution in [0.3, 0.4) is 0 Å². The van der Waals surface area contributed by atoms with Crippen molar-refractivity contribution in [2.75, 3.05) is 19.7 Å². The summed E-state index contributed by atoms with van der Waals surface area (Å²) in [5.41, 5.74) is 0.160. The number of ether oxygens (including phenoxy) is 1. The monoisotopic (exact) mass is 284 g/mol. The number of hydrogen-bond acceptors (Lipinski definition) is 3. The Bertz CT molecular complexity index is 377. The van der Waals surface area contributed by atoms with Crippen molar-refractivity contribution in [2.24, 2.45) is 0 Å². The molecule has 0 heterocycles. The average molecular weight is 285 g/mol. The van der Waals surface area contributed by atoms with E-state index in [0.717, 1.165) is 18.8 Å². The van der Waals surface area contributed by atoms with Crippen LogP contribution in [0.15, 0.2) is 24.3 Å². The maximum atomic E-state index is 5.89. The molecule has 0 aromatic heterocycles. The summed E-state index contributed by atoms with van der Waals surface area (Å²) in [6.07, 6.45) is 0. The molecule has 0 saturated heterocycles. The largest absolute Gasteiger partial charge is 0.492 e. The van der Waals surface area contributed by atoms with Crippen LogP contribution in [-0.2, 0) is 0 Å². The molecule has 1 unspecified atom stereocenters. The van der Waals surface area contributed by atoms with Gasteiger partial charge in [-0.25, -0.2) is 0 Å². The lowest BCUT2D eigenvalue weighted by atomic mass is 10.1. The molecule has 0 aliphatic carbocycles. The predicted octanol–water partition coefficient (Wildman–Crippen LogP) is 3.09. The Morgan fingerprint density at radius 1 is 1.32 bits per heavy atom. The molecular weight excluding hydrogens is 260 g/mol. The van der Waals surface area contributed by atoms with E-state index in [1.165, 1.54) is 0 Å². The summed E-state index contributed by atoms with van der Waals surface area (Å²) in [4.78, 5) is 0. The summed E-state index contributed by atoms with van der Waals surface area (Å²) >= 11 is 5.89. The van der Waals surface area contributed by atoms with Crippen molar-refractivity contribution in [3.63, 3.8) is 0 Å². The smallest absolute Gasteiger partial charge is 0.120 e. The third-order valence-corrected chi connectivity index (χ3v) is 2.83. The van der Waals surface area contributed by atoms with Gasteiger partial charge in [0.05, 0.1) is 0 Å². The van der Waals surface area contributed by atoms with Crippen molar-refractivity contribution < 1.29 is 4.74 Å². The number of halogens is 1. The fourth-order valence-electron chi connectivity index (χ4n) is 1.56. The fourth-order valence-corrected chi connectivity index (χ4v) is 1.74. The summed E-state index contributed by atoms with van der Waals surface area (Å²) in [6.45, 7) is 11.1. The third-order valence-electron chi connectivity index (χ3n) is 2.60. The highest BCUT2D eigenvalue weighted by Gasteiger charge is 2.10. The zero-order valence-corrected chi connectivity index (χ0v) is 13.1. The lowest BCUT2D eigenvalue weighted by Gasteiger charge is -2.24. The molecular formula is C15H25ClN2O. The molecule has 1 aromatic rings. The fraction of sp³-hybridized carbons (Fsp3) is 0.600. The van der Waals surface area contributed by atoms with Gasteiger partial charge in [0.25, 0.3) is 0 Å². The molecule has 1 atom stereocenters. The first-order valence-corrected chi connectivity index (χ1v) is 7.11. The minimum Gasteiger partial charge on any atom is -0.492 e. The van der Waals surface area contributed by atoms with E-state index in [-0.39, 0.29) is 5.54 Å². The van der Waals surface area contributed by atoms with Gasteiger partial charge in [0, 0.05) is 29.7 Å². The van der Waals surface area contributed by atoms with Crippen molar-refractivity contribution in [2.45, 2.75) is 39.3 Å². The predicted molar refractivity (Wildman–Crippen MR) is 82.2 cm³/mol. The molecule has 19 heavy (non-hydrogen) atoms. The molecule has 1 rings (SSSR count). The van der Waals surface area contributed by atoms with Crippen LogP contribution >= 0.6 is 11.6 Å². The first-order chi connectivity index (χ1) is 8.87. The van der Waals surface area contributed by atoms with Gasteiger partial charge < -0.3 is 15.4 Å². The van der Waals surface area contributed by atoms with Crippen molar-refractivity contribution in [3.05, 3.63) is 29.3 Å². The Morgan fingerprint density at radius 3 is 2.68 bits per heavy atom. The number of nitrogens with one attached hydrogen (secondary N) is 2. The third kappa shape index (κ3) is 8.09. The van der Waals surface area contributed by atoms with E-state index >= 15 is 0 Å². The molecule has 2 N–H and O–H groups in total. The molecule has 0 amide bonds. The van der Waals surface area contributed by atoms with E-state index in [1.54, 1.807) is 0 Å². The molecule has 0 radical (unpaired) electrons. The lowest BCUT2D eigenvalue weighted by Crippen LogP contribution is -2.45. The van der Waals surface area contributed by atoms with E-state index < -0.39 is 0 Å². The second-order valence-corrected chi connectivity index (χ2v) is 6.23. The molecule has 0 aliphatic heterocycles. The Kier molecular flexibility index (Phi) is 6.63. The second-order valence-electron chi connectivity index (χ2n) is 5.79. The summed E-state index contributed by atoms with van der Waals surface area (Å²) < 4.78 is 5.62. The van der Waals surface area contributed by atoms with Crippen LogP contribution in [0, 0.1) is 0 Å². The highest BCUT2D eigenvalue weighted by molar-refractivity contribution is 6.30. The van der Waals surface area contributed by atoms with Gasteiger partial charge in [-0.05, 0) is 45.9 Å². The zero-order chi connectivity index (χ0) is 14.3. The van der Waals surface area contributed by atoms with E-state index in [9.17, 15) is 0 Å². The van der Waals surface area contributed by atoms with Crippen molar-refractivity contribution >= 4 is 11.6 Å². The van der Waals surface area contributed by atoms with Crippen LogP contribution in [0.5, 0.6) is 5.75 Å². The summed E-state index contributed by atoms with van der Waals surface area (Å²) in [5, 5.41) is 7.59. The van der Waals surface area contributed by atoms with Gasteiger partial charge in [-0.3, -0.25) is 0 Å². The normalized spacial score (nSPS) is 13.3. The Balaban J connectivity index is 2.13. The molecule has 0 bridgehead atoms. The van der Waals surface area contributed by atoms with Gasteiger partial charge >= 0.3 is 0 Å². The summed E-state index contributed by atoms with van der Waals surface area (Å²) in [5.74, 6) is 0.815. The highest BCUT2D eigenvalue weighted by Crippen LogP contribution is 2.16. The Morgan fingerprint density at radius 2 is 2.05 bits per heavy atom. The van der Waals surface area contributed by atoms with E-state index in [0.29, 0.717) is 17.7 Å². The standard InChI is InChI=1S/C15H25ClN2O/c1-12(11-18-15(2,3)4)17-8-9-19-14-7-5-6-13(16)10-14/h5-7,10,12,17-18H,8-9,11H2,1-4H3. The maximum Gasteiger partial charge on any atom is 0.120 e. The molecule has 0 aliphatic rings. The van der Waals surface area contributed by atoms with Crippen molar-refractivity contribution in [3.8, 4) is 5.75 Å². The van der Waals surface area contributed by atoms with Gasteiger partial charge in [-0.1, -0.05) is 17.7 Å². The molecule has 0 saturated carbocycles. The van der Waals surface area contributed by atoms with Crippen molar-refractivity contribution in [1.29, 1.82) is 0 Å². The van der Waals surface area contributed by atoms with E-state index in [1.807, 2.05) is 24.3 Å². The number of hydrogen-bond donors (Lipinski definition) is 2. The van der Waals surface area contributed by atoms with Crippen LogP contribution < -0.4 is 15.4 Å². The van der Waals surface area contributed by atoms with Crippen molar-refractivity contribution in [1.82, 2.24) is 10.6 Å². The van der Waals surface area contributed by atoms with Gasteiger partial charge in [0.1, 0.15) is 12.4 Å². The highest BCUT2D eigenvalue weighted by atomic mass is 35.5. The first kappa shape index (κ1) is 16.3. The van der Waals surface area contributed by atoms with Gasteiger partial charge in [0.15, 0.2) is 0 Å².